The number of carbonyl (C=O) groups excluding carboxylic acids is 2. The molecule has 1 heterocycles. The third kappa shape index (κ3) is 9.30. The lowest BCUT2D eigenvalue weighted by Crippen LogP contribution is -2.40. The van der Waals surface area contributed by atoms with E-state index >= 15 is 0 Å². The van der Waals surface area contributed by atoms with Crippen LogP contribution >= 0.6 is 11.6 Å². The lowest BCUT2D eigenvalue weighted by atomic mass is 9.98. The maximum absolute atomic E-state index is 12.4. The second kappa shape index (κ2) is 16.9. The molecule has 4 N–H and O–H groups in total. The molecule has 0 bridgehead atoms. The maximum atomic E-state index is 12.4. The van der Waals surface area contributed by atoms with Crippen LogP contribution in [0.2, 0.25) is 5.15 Å². The maximum Gasteiger partial charge on any atom is 0.510 e. The van der Waals surface area contributed by atoms with Gasteiger partial charge in [0.1, 0.15) is 24.7 Å². The monoisotopic (exact) mass is 677 g/mol. The molecule has 15 heteroatoms. The fourth-order valence-electron chi connectivity index (χ4n) is 4.81. The molecule has 0 amide bonds. The standard InChI is InChI=1S/C33H36ClN7O7/c1-3-4-13-30-37-31(34)29(19-42)39(30)18-23-14-16-24(17-15-23)27-11-7-8-12-28(27)32(35)38-40(36)22(2)48-33(43)46-20-25-9-5-6-10-26(25)21-47-41(44)45/h5-12,14-17,19,22H,3-4,13,18,20-21,36H2,1-2H3,(H2,35,38). The second-order valence-electron chi connectivity index (χ2n) is 10.6. The van der Waals surface area contributed by atoms with Crippen molar-refractivity contribution in [1.29, 1.82) is 0 Å². The molecule has 1 aromatic heterocycles. The fraction of sp³-hybridized carbons (Fsp3) is 0.273. The molecule has 3 aromatic carbocycles. The minimum atomic E-state index is -1.06. The van der Waals surface area contributed by atoms with Crippen molar-refractivity contribution in [3.63, 3.8) is 0 Å². The zero-order chi connectivity index (χ0) is 34.6. The van der Waals surface area contributed by atoms with E-state index in [-0.39, 0.29) is 24.2 Å². The molecular weight excluding hydrogens is 642 g/mol. The summed E-state index contributed by atoms with van der Waals surface area (Å²) in [5.74, 6) is 6.91. The SMILES string of the molecule is CCCCc1nc(Cl)c(C=O)n1Cc1ccc(-c2ccccc2/C(N)=N/N(N)C(C)OC(=O)OCc2ccccc2CO[N+](=O)[O-])cc1. The number of nitrogens with two attached hydrogens (primary N) is 2. The molecule has 0 aliphatic heterocycles. The van der Waals surface area contributed by atoms with Crippen molar-refractivity contribution in [1.82, 2.24) is 14.7 Å². The molecule has 4 rings (SSSR count). The summed E-state index contributed by atoms with van der Waals surface area (Å²) < 4.78 is 12.3. The zero-order valence-electron chi connectivity index (χ0n) is 26.5. The van der Waals surface area contributed by atoms with Crippen molar-refractivity contribution in [2.75, 3.05) is 0 Å². The summed E-state index contributed by atoms with van der Waals surface area (Å²) in [6, 6.07) is 21.8. The van der Waals surface area contributed by atoms with E-state index < -0.39 is 17.5 Å². The Bertz CT molecular complexity index is 1760. The van der Waals surface area contributed by atoms with Gasteiger partial charge in [-0.25, -0.2) is 15.6 Å². The van der Waals surface area contributed by atoms with E-state index in [1.165, 1.54) is 6.92 Å². The molecule has 0 aliphatic rings. The van der Waals surface area contributed by atoms with Gasteiger partial charge in [0.2, 0.25) is 6.23 Å². The molecule has 0 saturated carbocycles. The summed E-state index contributed by atoms with van der Waals surface area (Å²) in [4.78, 5) is 43.5. The number of imidazole rings is 1. The number of hydrogen-bond acceptors (Lipinski definition) is 11. The number of benzene rings is 3. The van der Waals surface area contributed by atoms with Crippen molar-refractivity contribution in [3.05, 3.63) is 122 Å². The summed E-state index contributed by atoms with van der Waals surface area (Å²) in [5.41, 5.74) is 10.9. The Morgan fingerprint density at radius 3 is 2.44 bits per heavy atom. The third-order valence-corrected chi connectivity index (χ3v) is 7.65. The van der Waals surface area contributed by atoms with Crippen molar-refractivity contribution in [2.24, 2.45) is 16.7 Å². The van der Waals surface area contributed by atoms with Crippen LogP contribution in [-0.4, -0.2) is 44.3 Å². The first-order valence-electron chi connectivity index (χ1n) is 15.1. The lowest BCUT2D eigenvalue weighted by Gasteiger charge is -2.21. The first-order chi connectivity index (χ1) is 23.1. The van der Waals surface area contributed by atoms with Gasteiger partial charge in [0, 0.05) is 18.5 Å². The number of hydrazine groups is 1. The number of rotatable bonds is 16. The molecule has 1 unspecified atom stereocenters. The Morgan fingerprint density at radius 2 is 1.77 bits per heavy atom. The Morgan fingerprint density at radius 1 is 1.10 bits per heavy atom. The average molecular weight is 678 g/mol. The van der Waals surface area contributed by atoms with E-state index in [0.717, 1.165) is 53.2 Å². The predicted molar refractivity (Wildman–Crippen MR) is 178 cm³/mol. The molecule has 0 spiro atoms. The summed E-state index contributed by atoms with van der Waals surface area (Å²) >= 11 is 6.24. The number of amidine groups is 1. The second-order valence-corrected chi connectivity index (χ2v) is 11.0. The number of hydrazone groups is 1. The van der Waals surface area contributed by atoms with Crippen LogP contribution in [0.25, 0.3) is 11.1 Å². The number of hydrogen-bond donors (Lipinski definition) is 2. The third-order valence-electron chi connectivity index (χ3n) is 7.37. The smallest absolute Gasteiger partial charge is 0.429 e. The van der Waals surface area contributed by atoms with E-state index in [1.807, 2.05) is 47.0 Å². The van der Waals surface area contributed by atoms with Crippen LogP contribution in [0.5, 0.6) is 0 Å². The van der Waals surface area contributed by atoms with Gasteiger partial charge in [-0.1, -0.05) is 97.7 Å². The van der Waals surface area contributed by atoms with Gasteiger partial charge in [0.05, 0.1) is 0 Å². The van der Waals surface area contributed by atoms with Crippen LogP contribution in [0.3, 0.4) is 0 Å². The van der Waals surface area contributed by atoms with Crippen LogP contribution in [0.15, 0.2) is 77.9 Å². The van der Waals surface area contributed by atoms with Gasteiger partial charge in [0.15, 0.2) is 17.3 Å². The van der Waals surface area contributed by atoms with E-state index in [1.54, 1.807) is 30.3 Å². The molecule has 0 saturated heterocycles. The number of halogens is 1. The summed E-state index contributed by atoms with van der Waals surface area (Å²) in [6.45, 7) is 3.50. The zero-order valence-corrected chi connectivity index (χ0v) is 27.2. The molecule has 252 valence electrons. The van der Waals surface area contributed by atoms with Gasteiger partial charge in [-0.3, -0.25) is 4.79 Å². The molecule has 14 nitrogen and oxygen atoms in total. The predicted octanol–water partition coefficient (Wildman–Crippen LogP) is 5.61. The topological polar surface area (TPSA) is 190 Å². The first-order valence-corrected chi connectivity index (χ1v) is 15.4. The van der Waals surface area contributed by atoms with Gasteiger partial charge in [-0.2, -0.15) is 5.12 Å². The highest BCUT2D eigenvalue weighted by Crippen LogP contribution is 2.26. The van der Waals surface area contributed by atoms with Crippen LogP contribution in [-0.2, 0) is 40.5 Å². The fourth-order valence-corrected chi connectivity index (χ4v) is 5.06. The Balaban J connectivity index is 1.42. The number of aldehydes is 1. The Kier molecular flexibility index (Phi) is 12.5. The number of nitrogens with zero attached hydrogens (tertiary/aromatic N) is 5. The van der Waals surface area contributed by atoms with E-state index in [0.29, 0.717) is 28.9 Å². The minimum Gasteiger partial charge on any atom is -0.429 e. The first kappa shape index (κ1) is 35.4. The summed E-state index contributed by atoms with van der Waals surface area (Å²) in [7, 11) is 0. The largest absolute Gasteiger partial charge is 0.510 e. The summed E-state index contributed by atoms with van der Waals surface area (Å²) in [6.07, 6.45) is 1.27. The van der Waals surface area contributed by atoms with Crippen molar-refractivity contribution >= 4 is 29.9 Å². The highest BCUT2D eigenvalue weighted by atomic mass is 35.5. The Hall–Kier alpha value is -5.47. The average Bonchev–Trinajstić information content (AvgIpc) is 3.38. The van der Waals surface area contributed by atoms with E-state index in [2.05, 4.69) is 21.8 Å². The number of aromatic nitrogens is 2. The number of carbonyl (C=O) groups is 2. The normalized spacial score (nSPS) is 11.9. The highest BCUT2D eigenvalue weighted by Gasteiger charge is 2.19. The lowest BCUT2D eigenvalue weighted by molar-refractivity contribution is -0.763. The molecule has 0 fully saturated rings. The molecular formula is C33H36ClN7O7. The van der Waals surface area contributed by atoms with Crippen LogP contribution in [0.1, 0.15) is 65.3 Å². The van der Waals surface area contributed by atoms with Gasteiger partial charge >= 0.3 is 6.16 Å². The molecule has 4 aromatic rings. The number of ether oxygens (including phenoxy) is 2. The molecule has 0 aliphatic carbocycles. The minimum absolute atomic E-state index is 0.0740. The highest BCUT2D eigenvalue weighted by molar-refractivity contribution is 6.31. The molecule has 48 heavy (non-hydrogen) atoms. The van der Waals surface area contributed by atoms with Crippen molar-refractivity contribution in [3.8, 4) is 11.1 Å². The van der Waals surface area contributed by atoms with Crippen molar-refractivity contribution < 1.29 is 29.0 Å². The number of unbranched alkanes of at least 4 members (excludes halogenated alkanes) is 1. The Labute approximate surface area is 281 Å². The van der Waals surface area contributed by atoms with Gasteiger partial charge in [-0.15, -0.1) is 15.2 Å². The van der Waals surface area contributed by atoms with Crippen LogP contribution < -0.4 is 11.6 Å². The van der Waals surface area contributed by atoms with Gasteiger partial charge in [0.25, 0.3) is 5.09 Å². The van der Waals surface area contributed by atoms with Gasteiger partial charge < -0.3 is 24.6 Å². The quantitative estimate of drug-likeness (QED) is 0.0219. The number of aryl methyl sites for hydroxylation is 1. The van der Waals surface area contributed by atoms with Crippen molar-refractivity contribution in [2.45, 2.75) is 59.1 Å². The van der Waals surface area contributed by atoms with Gasteiger partial charge in [-0.05, 0) is 41.2 Å². The summed E-state index contributed by atoms with van der Waals surface area (Å²) in [5, 5.41) is 15.0. The molecule has 1 atom stereocenters. The van der Waals surface area contributed by atoms with Crippen LogP contribution in [0, 0.1) is 10.1 Å². The molecule has 0 radical (unpaired) electrons. The van der Waals surface area contributed by atoms with E-state index in [9.17, 15) is 19.7 Å². The van der Waals surface area contributed by atoms with E-state index in [4.69, 9.17) is 32.7 Å². The van der Waals surface area contributed by atoms with Crippen LogP contribution in [0.4, 0.5) is 4.79 Å².